The summed E-state index contributed by atoms with van der Waals surface area (Å²) in [5.41, 5.74) is 3.19. The highest BCUT2D eigenvalue weighted by Crippen LogP contribution is 2.30. The normalized spacial score (nSPS) is 14.5. The van der Waals surface area contributed by atoms with Crippen molar-refractivity contribution in [1.82, 2.24) is 20.1 Å². The predicted octanol–water partition coefficient (Wildman–Crippen LogP) is 4.15. The number of fused-ring (bicyclic) bond motifs is 2. The van der Waals surface area contributed by atoms with Crippen LogP contribution < -0.4 is 10.0 Å². The number of anilines is 2. The van der Waals surface area contributed by atoms with E-state index in [0.29, 0.717) is 39.7 Å². The number of benzene rings is 2. The Morgan fingerprint density at radius 1 is 1.05 bits per heavy atom. The number of amides is 1. The monoisotopic (exact) mass is 594 g/mol. The van der Waals surface area contributed by atoms with Crippen LogP contribution in [-0.4, -0.2) is 59.1 Å². The summed E-state index contributed by atoms with van der Waals surface area (Å²) < 4.78 is 33.3. The average molecular weight is 595 g/mol. The van der Waals surface area contributed by atoms with Crippen LogP contribution in [-0.2, 0) is 32.5 Å². The van der Waals surface area contributed by atoms with Crippen LogP contribution in [0.4, 0.5) is 10.8 Å². The highest BCUT2D eigenvalue weighted by Gasteiger charge is 2.29. The number of esters is 1. The van der Waals surface area contributed by atoms with E-state index in [2.05, 4.69) is 39.0 Å². The van der Waals surface area contributed by atoms with E-state index in [1.165, 1.54) is 31.2 Å². The molecule has 0 radical (unpaired) electrons. The third kappa shape index (κ3) is 6.21. The molecule has 2 aromatic heterocycles. The summed E-state index contributed by atoms with van der Waals surface area (Å²) in [4.78, 5) is 33.6. The summed E-state index contributed by atoms with van der Waals surface area (Å²) in [6, 6.07) is 13.4. The smallest absolute Gasteiger partial charge is 0.339 e. The van der Waals surface area contributed by atoms with Gasteiger partial charge in [0.1, 0.15) is 5.01 Å². The van der Waals surface area contributed by atoms with Gasteiger partial charge in [-0.2, -0.15) is 0 Å². The third-order valence-corrected chi connectivity index (χ3v) is 9.08. The summed E-state index contributed by atoms with van der Waals surface area (Å²) in [7, 11) is -3.88. The predicted molar refractivity (Wildman–Crippen MR) is 156 cm³/mol. The van der Waals surface area contributed by atoms with Crippen LogP contribution in [0.5, 0.6) is 0 Å². The first-order chi connectivity index (χ1) is 19.5. The fourth-order valence-electron chi connectivity index (χ4n) is 4.63. The van der Waals surface area contributed by atoms with Gasteiger partial charge in [0.25, 0.3) is 15.9 Å². The number of hydrogen-bond donors (Lipinski definition) is 2. The van der Waals surface area contributed by atoms with E-state index in [9.17, 15) is 18.0 Å². The topological polar surface area (TPSA) is 143 Å². The number of nitrogens with zero attached hydrogens (tertiary/aromatic N) is 4. The maximum Gasteiger partial charge on any atom is 0.339 e. The van der Waals surface area contributed by atoms with Crippen molar-refractivity contribution < 1.29 is 22.7 Å². The van der Waals surface area contributed by atoms with Crippen LogP contribution >= 0.6 is 11.3 Å². The van der Waals surface area contributed by atoms with Gasteiger partial charge in [-0.3, -0.25) is 19.4 Å². The van der Waals surface area contributed by atoms with Gasteiger partial charge in [0.2, 0.25) is 5.13 Å². The van der Waals surface area contributed by atoms with Crippen molar-refractivity contribution >= 4 is 55.0 Å². The average Bonchev–Trinajstić information content (AvgIpc) is 3.34. The Kier molecular flexibility index (Phi) is 8.02. The molecule has 1 atom stereocenters. The minimum atomic E-state index is -3.88. The molecule has 1 aliphatic rings. The molecule has 4 aromatic rings. The fraction of sp³-hybridized carbons (Fsp3) is 0.321. The largest absolute Gasteiger partial charge is 0.449 e. The molecule has 1 amide bonds. The number of pyridine rings is 1. The number of carbonyl (C=O) groups is 2. The zero-order valence-corrected chi connectivity index (χ0v) is 24.7. The lowest BCUT2D eigenvalue weighted by Crippen LogP contribution is -2.37. The molecular weight excluding hydrogens is 564 g/mol. The second-order valence-corrected chi connectivity index (χ2v) is 12.9. The van der Waals surface area contributed by atoms with Gasteiger partial charge in [0.15, 0.2) is 6.10 Å². The first kappa shape index (κ1) is 28.6. The van der Waals surface area contributed by atoms with E-state index < -0.39 is 28.0 Å². The van der Waals surface area contributed by atoms with Crippen molar-refractivity contribution in [3.8, 4) is 0 Å². The summed E-state index contributed by atoms with van der Waals surface area (Å²) in [6.07, 6.45) is -0.392. The Morgan fingerprint density at radius 2 is 1.78 bits per heavy atom. The Labute approximate surface area is 242 Å². The van der Waals surface area contributed by atoms with E-state index in [4.69, 9.17) is 9.72 Å². The second-order valence-electron chi connectivity index (χ2n) is 10.0. The zero-order valence-electron chi connectivity index (χ0n) is 23.0. The van der Waals surface area contributed by atoms with Gasteiger partial charge in [-0.05, 0) is 58.0 Å². The minimum Gasteiger partial charge on any atom is -0.449 e. The molecule has 0 bridgehead atoms. The Balaban J connectivity index is 1.30. The molecule has 13 heteroatoms. The van der Waals surface area contributed by atoms with E-state index in [0.717, 1.165) is 35.6 Å². The van der Waals surface area contributed by atoms with E-state index >= 15 is 0 Å². The van der Waals surface area contributed by atoms with Crippen molar-refractivity contribution in [2.45, 2.75) is 57.7 Å². The number of rotatable bonds is 8. The summed E-state index contributed by atoms with van der Waals surface area (Å²) in [6.45, 7) is 8.86. The van der Waals surface area contributed by atoms with Crippen molar-refractivity contribution in [1.29, 1.82) is 0 Å². The van der Waals surface area contributed by atoms with E-state index in [1.807, 2.05) is 24.3 Å². The third-order valence-electron chi connectivity index (χ3n) is 6.84. The van der Waals surface area contributed by atoms with E-state index in [-0.39, 0.29) is 10.0 Å². The lowest BCUT2D eigenvalue weighted by molar-refractivity contribution is -0.123. The molecule has 1 aliphatic heterocycles. The summed E-state index contributed by atoms with van der Waals surface area (Å²) >= 11 is 1.12. The van der Waals surface area contributed by atoms with Gasteiger partial charge in [-0.1, -0.05) is 29.5 Å². The summed E-state index contributed by atoms with van der Waals surface area (Å²) in [5.74, 6) is -1.14. The van der Waals surface area contributed by atoms with Gasteiger partial charge >= 0.3 is 5.97 Å². The maximum atomic E-state index is 13.6. The minimum absolute atomic E-state index is 0.00684. The Hall–Kier alpha value is -3.94. The maximum absolute atomic E-state index is 13.6. The van der Waals surface area contributed by atoms with Crippen LogP contribution in [0.15, 0.2) is 53.4 Å². The van der Waals surface area contributed by atoms with Gasteiger partial charge in [-0.25, -0.2) is 13.2 Å². The molecule has 214 valence electrons. The molecule has 0 saturated heterocycles. The fourth-order valence-corrected chi connectivity index (χ4v) is 6.45. The molecule has 0 fully saturated rings. The molecule has 0 aliphatic carbocycles. The van der Waals surface area contributed by atoms with Crippen LogP contribution in [0.25, 0.3) is 10.9 Å². The molecule has 11 nitrogen and oxygen atoms in total. The van der Waals surface area contributed by atoms with Crippen LogP contribution in [0.1, 0.15) is 47.4 Å². The SMILES string of the molecule is Cc1nnc(NS(=O)(=O)c2ccc(NC(=O)C(C)OC(=O)c3c4c(nc5ccccc35)CCN(C(C)C)C4)cc2)s1. The molecule has 0 saturated carbocycles. The van der Waals surface area contributed by atoms with Gasteiger partial charge in [0, 0.05) is 47.9 Å². The number of aromatic nitrogens is 3. The zero-order chi connectivity index (χ0) is 29.3. The second kappa shape index (κ2) is 11.5. The number of ether oxygens (including phenoxy) is 1. The molecule has 0 spiro atoms. The molecule has 3 heterocycles. The molecule has 2 N–H and O–H groups in total. The molecule has 5 rings (SSSR count). The first-order valence-electron chi connectivity index (χ1n) is 13.1. The first-order valence-corrected chi connectivity index (χ1v) is 15.4. The van der Waals surface area contributed by atoms with Crippen molar-refractivity contribution in [3.63, 3.8) is 0 Å². The lowest BCUT2D eigenvalue weighted by Gasteiger charge is -2.32. The summed E-state index contributed by atoms with van der Waals surface area (Å²) in [5, 5.41) is 11.7. The number of aryl methyl sites for hydroxylation is 1. The Bertz CT molecular complexity index is 1720. The highest BCUT2D eigenvalue weighted by atomic mass is 32.2. The van der Waals surface area contributed by atoms with Crippen molar-refractivity contribution in [2.24, 2.45) is 0 Å². The van der Waals surface area contributed by atoms with Crippen molar-refractivity contribution in [3.05, 3.63) is 70.4 Å². The number of hydrogen-bond acceptors (Lipinski definition) is 10. The molecular formula is C28H30N6O5S2. The molecule has 2 aromatic carbocycles. The van der Waals surface area contributed by atoms with E-state index in [1.54, 1.807) is 6.92 Å². The number of nitrogens with one attached hydrogen (secondary N) is 2. The Morgan fingerprint density at radius 3 is 2.46 bits per heavy atom. The van der Waals surface area contributed by atoms with Crippen LogP contribution in [0, 0.1) is 6.92 Å². The van der Waals surface area contributed by atoms with Gasteiger partial charge in [-0.15, -0.1) is 10.2 Å². The number of carbonyl (C=O) groups excluding carboxylic acids is 2. The van der Waals surface area contributed by atoms with Gasteiger partial charge < -0.3 is 10.1 Å². The number of para-hydroxylation sites is 1. The molecule has 1 unspecified atom stereocenters. The highest BCUT2D eigenvalue weighted by molar-refractivity contribution is 7.93. The lowest BCUT2D eigenvalue weighted by atomic mass is 9.95. The molecule has 41 heavy (non-hydrogen) atoms. The standard InChI is InChI=1S/C28H30N6O5S2/c1-16(2)34-14-13-24-22(15-34)25(21-7-5-6-8-23(21)30-24)27(36)39-17(3)26(35)29-19-9-11-20(12-10-19)41(37,38)33-28-32-31-18(4)40-28/h5-12,16-17H,13-15H2,1-4H3,(H,29,35)(H,32,33). The van der Waals surface area contributed by atoms with Crippen LogP contribution in [0.3, 0.4) is 0 Å². The quantitative estimate of drug-likeness (QED) is 0.288. The number of sulfonamides is 1. The van der Waals surface area contributed by atoms with Crippen molar-refractivity contribution in [2.75, 3.05) is 16.6 Å². The van der Waals surface area contributed by atoms with Crippen LogP contribution in [0.2, 0.25) is 0 Å². The van der Waals surface area contributed by atoms with Gasteiger partial charge in [0.05, 0.1) is 16.0 Å².